The van der Waals surface area contributed by atoms with Crippen molar-refractivity contribution in [1.82, 2.24) is 5.32 Å². The Kier molecular flexibility index (Phi) is 8.03. The fourth-order valence-electron chi connectivity index (χ4n) is 10.0. The van der Waals surface area contributed by atoms with Crippen molar-refractivity contribution in [2.24, 2.45) is 46.3 Å². The molecule has 6 unspecified atom stereocenters. The molecule has 37 heavy (non-hydrogen) atoms. The van der Waals surface area contributed by atoms with E-state index in [1.165, 1.54) is 64.2 Å². The van der Waals surface area contributed by atoms with Gasteiger partial charge in [-0.25, -0.2) is 4.79 Å². The Hall–Kier alpha value is -1.84. The summed E-state index contributed by atoms with van der Waals surface area (Å²) in [5.74, 6) is 5.44. The molecule has 4 saturated carbocycles. The maximum atomic E-state index is 12.4. The second-order valence-corrected chi connectivity index (χ2v) is 13.4. The van der Waals surface area contributed by atoms with Gasteiger partial charge in [-0.15, -0.1) is 0 Å². The van der Waals surface area contributed by atoms with E-state index in [1.54, 1.807) is 12.1 Å². The van der Waals surface area contributed by atoms with Gasteiger partial charge in [-0.1, -0.05) is 58.2 Å². The molecule has 4 aliphatic carbocycles. The Balaban J connectivity index is 1.12. The maximum Gasteiger partial charge on any atom is 0.330 e. The van der Waals surface area contributed by atoms with Gasteiger partial charge in [0.25, 0.3) is 0 Å². The van der Waals surface area contributed by atoms with E-state index in [4.69, 9.17) is 4.74 Å². The lowest BCUT2D eigenvalue weighted by atomic mass is 9.42. The van der Waals surface area contributed by atoms with Crippen LogP contribution >= 0.6 is 0 Å². The van der Waals surface area contributed by atoms with Crippen LogP contribution in [0.1, 0.15) is 104 Å². The molecule has 4 aliphatic rings. The lowest BCUT2D eigenvalue weighted by molar-refractivity contribution is -0.136. The molecule has 0 saturated heterocycles. The molecule has 0 aromatic heterocycles. The topological polar surface area (TPSA) is 55.4 Å². The Morgan fingerprint density at radius 2 is 1.73 bits per heavy atom. The van der Waals surface area contributed by atoms with Gasteiger partial charge in [0.05, 0.1) is 0 Å². The number of rotatable bonds is 8. The molecule has 8 atom stereocenters. The lowest BCUT2D eigenvalue weighted by Crippen LogP contribution is -2.55. The summed E-state index contributed by atoms with van der Waals surface area (Å²) >= 11 is 0. The van der Waals surface area contributed by atoms with Crippen molar-refractivity contribution in [3.05, 3.63) is 30.3 Å². The van der Waals surface area contributed by atoms with Gasteiger partial charge in [-0.2, -0.15) is 0 Å². The van der Waals surface area contributed by atoms with E-state index in [9.17, 15) is 9.59 Å². The fraction of sp³-hybridized carbons (Fsp3) is 0.758. The summed E-state index contributed by atoms with van der Waals surface area (Å²) in [6.07, 6.45) is 16.8. The number of carbonyl (C=O) groups excluding carboxylic acids is 2. The molecule has 204 valence electrons. The first-order chi connectivity index (χ1) is 17.8. The first kappa shape index (κ1) is 26.8. The minimum absolute atomic E-state index is 0.0391. The molecular formula is C33H49NO3. The Morgan fingerprint density at radius 3 is 2.51 bits per heavy atom. The molecule has 4 heteroatoms. The zero-order chi connectivity index (χ0) is 26.0. The number of carbonyl (C=O) groups is 2. The van der Waals surface area contributed by atoms with Crippen molar-refractivity contribution in [3.63, 3.8) is 0 Å². The van der Waals surface area contributed by atoms with Gasteiger partial charge < -0.3 is 10.1 Å². The van der Waals surface area contributed by atoms with Crippen LogP contribution < -0.4 is 10.1 Å². The number of hydrogen-bond donors (Lipinski definition) is 1. The molecule has 5 rings (SSSR count). The number of benzene rings is 1. The average molecular weight is 508 g/mol. The van der Waals surface area contributed by atoms with Gasteiger partial charge in [0.2, 0.25) is 5.91 Å². The number of nitrogens with one attached hydrogen (secondary N) is 1. The van der Waals surface area contributed by atoms with Crippen molar-refractivity contribution in [2.45, 2.75) is 104 Å². The minimum Gasteiger partial charge on any atom is -0.425 e. The predicted molar refractivity (Wildman–Crippen MR) is 148 cm³/mol. The van der Waals surface area contributed by atoms with E-state index in [1.807, 2.05) is 18.2 Å². The predicted octanol–water partition coefficient (Wildman–Crippen LogP) is 7.56. The van der Waals surface area contributed by atoms with Gasteiger partial charge in [0.1, 0.15) is 12.3 Å². The van der Waals surface area contributed by atoms with Gasteiger partial charge in [0, 0.05) is 6.42 Å². The van der Waals surface area contributed by atoms with Crippen LogP contribution in [0.4, 0.5) is 0 Å². The van der Waals surface area contributed by atoms with Crippen LogP contribution in [-0.4, -0.2) is 18.4 Å². The largest absolute Gasteiger partial charge is 0.425 e. The second kappa shape index (κ2) is 11.1. The molecule has 0 aliphatic heterocycles. The molecular weight excluding hydrogens is 458 g/mol. The molecule has 1 aromatic carbocycles. The normalized spacial score (nSPS) is 38.7. The monoisotopic (exact) mass is 507 g/mol. The third kappa shape index (κ3) is 5.23. The SMILES string of the molecule is CC[C@H]1CC2C3CCC(CCCC(=O)NCC(=O)Oc4ccccc4)C3(C)CC[C@@H]2C2(C)CCCCC12. The first-order valence-electron chi connectivity index (χ1n) is 15.4. The van der Waals surface area contributed by atoms with E-state index < -0.39 is 5.97 Å². The molecule has 0 radical (unpaired) electrons. The molecule has 1 aromatic rings. The average Bonchev–Trinajstić information content (AvgIpc) is 3.23. The summed E-state index contributed by atoms with van der Waals surface area (Å²) < 4.78 is 5.27. The van der Waals surface area contributed by atoms with E-state index in [0.717, 1.165) is 48.3 Å². The van der Waals surface area contributed by atoms with Crippen molar-refractivity contribution in [2.75, 3.05) is 6.54 Å². The van der Waals surface area contributed by atoms with E-state index >= 15 is 0 Å². The number of esters is 1. The van der Waals surface area contributed by atoms with Gasteiger partial charge >= 0.3 is 5.97 Å². The molecule has 0 heterocycles. The summed E-state index contributed by atoms with van der Waals surface area (Å²) in [7, 11) is 0. The van der Waals surface area contributed by atoms with Gasteiger partial charge in [-0.3, -0.25) is 4.79 Å². The number of hydrogen-bond acceptors (Lipinski definition) is 3. The Labute approximate surface area is 224 Å². The zero-order valence-corrected chi connectivity index (χ0v) is 23.5. The van der Waals surface area contributed by atoms with Crippen molar-refractivity contribution >= 4 is 11.9 Å². The summed E-state index contributed by atoms with van der Waals surface area (Å²) in [6.45, 7) is 7.69. The summed E-state index contributed by atoms with van der Waals surface area (Å²) in [5.41, 5.74) is 1.04. The molecule has 0 bridgehead atoms. The minimum atomic E-state index is -0.422. The van der Waals surface area contributed by atoms with Crippen LogP contribution in [-0.2, 0) is 9.59 Å². The summed E-state index contributed by atoms with van der Waals surface area (Å²) in [4.78, 5) is 24.5. The Morgan fingerprint density at radius 1 is 0.946 bits per heavy atom. The number of fused-ring (bicyclic) bond motifs is 5. The molecule has 0 spiro atoms. The van der Waals surface area contributed by atoms with E-state index in [0.29, 0.717) is 23.0 Å². The summed E-state index contributed by atoms with van der Waals surface area (Å²) in [6, 6.07) is 9.01. The highest BCUT2D eigenvalue weighted by Gasteiger charge is 2.60. The number of amides is 1. The number of ether oxygens (including phenoxy) is 1. The number of para-hydroxylation sites is 1. The zero-order valence-electron chi connectivity index (χ0n) is 23.5. The highest BCUT2D eigenvalue weighted by molar-refractivity contribution is 5.82. The van der Waals surface area contributed by atoms with Crippen LogP contribution in [0.3, 0.4) is 0 Å². The van der Waals surface area contributed by atoms with Crippen LogP contribution in [0.2, 0.25) is 0 Å². The molecule has 1 N–H and O–H groups in total. The van der Waals surface area contributed by atoms with Crippen molar-refractivity contribution in [3.8, 4) is 5.75 Å². The van der Waals surface area contributed by atoms with Crippen LogP contribution in [0.5, 0.6) is 5.75 Å². The van der Waals surface area contributed by atoms with Crippen LogP contribution in [0, 0.1) is 46.3 Å². The van der Waals surface area contributed by atoms with Gasteiger partial charge in [-0.05, 0) is 116 Å². The third-order valence-corrected chi connectivity index (χ3v) is 11.8. The molecule has 1 amide bonds. The highest BCUT2D eigenvalue weighted by atomic mass is 16.5. The van der Waals surface area contributed by atoms with E-state index in [2.05, 4.69) is 26.1 Å². The lowest BCUT2D eigenvalue weighted by Gasteiger charge is -2.62. The van der Waals surface area contributed by atoms with Crippen LogP contribution in [0.25, 0.3) is 0 Å². The van der Waals surface area contributed by atoms with Gasteiger partial charge in [0.15, 0.2) is 0 Å². The smallest absolute Gasteiger partial charge is 0.330 e. The third-order valence-electron chi connectivity index (χ3n) is 11.8. The quantitative estimate of drug-likeness (QED) is 0.292. The Bertz CT molecular complexity index is 946. The molecule has 4 nitrogen and oxygen atoms in total. The maximum absolute atomic E-state index is 12.4. The highest BCUT2D eigenvalue weighted by Crippen LogP contribution is 2.69. The second-order valence-electron chi connectivity index (χ2n) is 13.4. The van der Waals surface area contributed by atoms with Crippen LogP contribution in [0.15, 0.2) is 30.3 Å². The first-order valence-corrected chi connectivity index (χ1v) is 15.4. The fourth-order valence-corrected chi connectivity index (χ4v) is 10.0. The molecule has 4 fully saturated rings. The van der Waals surface area contributed by atoms with Crippen molar-refractivity contribution in [1.29, 1.82) is 0 Å². The summed E-state index contributed by atoms with van der Waals surface area (Å²) in [5, 5.41) is 2.76. The van der Waals surface area contributed by atoms with E-state index in [-0.39, 0.29) is 12.5 Å². The van der Waals surface area contributed by atoms with Crippen molar-refractivity contribution < 1.29 is 14.3 Å². The standard InChI is InChI=1S/C33H49NO3/c1-4-23-21-26-28-17-16-24(32(28,2)20-18-29(26)33(3)19-9-8-14-27(23)33)11-10-15-30(35)34-22-31(36)37-25-12-6-5-7-13-25/h5-7,12-13,23-24,26-29H,4,8-11,14-22H2,1-3H3,(H,34,35)/t23-,24?,26?,27?,28?,29-,32?,33?/m0/s1.